The first-order valence-corrected chi connectivity index (χ1v) is 9.74. The van der Waals surface area contributed by atoms with E-state index < -0.39 is 0 Å². The van der Waals surface area contributed by atoms with E-state index in [9.17, 15) is 0 Å². The third kappa shape index (κ3) is 4.96. The molecular formula is C20H40N2. The van der Waals surface area contributed by atoms with Gasteiger partial charge in [-0.2, -0.15) is 0 Å². The third-order valence-corrected chi connectivity index (χ3v) is 6.51. The topological polar surface area (TPSA) is 6.48 Å². The summed E-state index contributed by atoms with van der Waals surface area (Å²) in [6.07, 6.45) is 5.67. The SMILES string of the molecule is CC(C)C(C)C1CCN(CC2CCN(C(C)(C)C)CC2)CC1. The predicted molar refractivity (Wildman–Crippen MR) is 97.2 cm³/mol. The Bertz CT molecular complexity index is 315. The van der Waals surface area contributed by atoms with Gasteiger partial charge in [0.25, 0.3) is 0 Å². The molecule has 0 aromatic rings. The van der Waals surface area contributed by atoms with E-state index in [0.717, 1.165) is 23.7 Å². The van der Waals surface area contributed by atoms with Gasteiger partial charge in [0.15, 0.2) is 0 Å². The van der Waals surface area contributed by atoms with E-state index in [1.807, 2.05) is 0 Å². The van der Waals surface area contributed by atoms with Crippen molar-refractivity contribution < 1.29 is 0 Å². The largest absolute Gasteiger partial charge is 0.303 e. The molecule has 2 nitrogen and oxygen atoms in total. The summed E-state index contributed by atoms with van der Waals surface area (Å²) < 4.78 is 0. The molecule has 2 heterocycles. The Morgan fingerprint density at radius 2 is 1.41 bits per heavy atom. The molecule has 0 N–H and O–H groups in total. The van der Waals surface area contributed by atoms with Crippen molar-refractivity contribution in [3.63, 3.8) is 0 Å². The van der Waals surface area contributed by atoms with E-state index in [1.54, 1.807) is 0 Å². The van der Waals surface area contributed by atoms with Crippen LogP contribution in [0.2, 0.25) is 0 Å². The molecule has 0 spiro atoms. The zero-order valence-corrected chi connectivity index (χ0v) is 16.1. The Morgan fingerprint density at radius 1 is 0.864 bits per heavy atom. The number of piperidine rings is 2. The first-order chi connectivity index (χ1) is 10.3. The van der Waals surface area contributed by atoms with Crippen molar-refractivity contribution in [3.05, 3.63) is 0 Å². The van der Waals surface area contributed by atoms with E-state index in [2.05, 4.69) is 51.3 Å². The van der Waals surface area contributed by atoms with Gasteiger partial charge in [0.2, 0.25) is 0 Å². The molecule has 2 fully saturated rings. The number of hydrogen-bond acceptors (Lipinski definition) is 2. The molecule has 130 valence electrons. The fraction of sp³-hybridized carbons (Fsp3) is 1.00. The van der Waals surface area contributed by atoms with Crippen LogP contribution in [0.15, 0.2) is 0 Å². The first kappa shape index (κ1) is 18.3. The zero-order valence-electron chi connectivity index (χ0n) is 16.1. The fourth-order valence-electron chi connectivity index (χ4n) is 4.36. The highest BCUT2D eigenvalue weighted by Gasteiger charge is 2.30. The molecule has 0 radical (unpaired) electrons. The standard InChI is InChI=1S/C20H40N2/c1-16(2)17(3)19-9-11-21(12-10-19)15-18-7-13-22(14-8-18)20(4,5)6/h16-19H,7-15H2,1-6H3. The molecule has 0 amide bonds. The second-order valence-corrected chi connectivity index (χ2v) is 9.34. The van der Waals surface area contributed by atoms with Crippen LogP contribution < -0.4 is 0 Å². The second-order valence-electron chi connectivity index (χ2n) is 9.34. The van der Waals surface area contributed by atoms with Gasteiger partial charge in [0.05, 0.1) is 0 Å². The van der Waals surface area contributed by atoms with Gasteiger partial charge in [-0.1, -0.05) is 20.8 Å². The Labute approximate surface area is 139 Å². The molecule has 2 aliphatic rings. The molecule has 2 rings (SSSR count). The number of likely N-dealkylation sites (tertiary alicyclic amines) is 2. The van der Waals surface area contributed by atoms with Gasteiger partial charge in [-0.25, -0.2) is 0 Å². The van der Waals surface area contributed by atoms with Crippen molar-refractivity contribution in [1.29, 1.82) is 0 Å². The summed E-state index contributed by atoms with van der Waals surface area (Å²) in [5.74, 6) is 3.66. The average molecular weight is 309 g/mol. The van der Waals surface area contributed by atoms with Gasteiger partial charge >= 0.3 is 0 Å². The molecule has 0 aromatic heterocycles. The molecule has 0 aromatic carbocycles. The van der Waals surface area contributed by atoms with Gasteiger partial charge in [-0.05, 0) is 96.3 Å². The summed E-state index contributed by atoms with van der Waals surface area (Å²) >= 11 is 0. The maximum Gasteiger partial charge on any atom is 0.0125 e. The molecule has 2 heteroatoms. The van der Waals surface area contributed by atoms with Crippen LogP contribution in [0.4, 0.5) is 0 Å². The minimum atomic E-state index is 0.357. The first-order valence-electron chi connectivity index (χ1n) is 9.74. The van der Waals surface area contributed by atoms with Crippen molar-refractivity contribution in [2.45, 2.75) is 72.8 Å². The molecule has 2 saturated heterocycles. The quantitative estimate of drug-likeness (QED) is 0.754. The summed E-state index contributed by atoms with van der Waals surface area (Å²) in [5, 5.41) is 0. The zero-order chi connectivity index (χ0) is 16.3. The molecule has 1 unspecified atom stereocenters. The smallest absolute Gasteiger partial charge is 0.0125 e. The van der Waals surface area contributed by atoms with E-state index in [-0.39, 0.29) is 0 Å². The normalized spacial score (nSPS) is 25.8. The summed E-state index contributed by atoms with van der Waals surface area (Å²) in [7, 11) is 0. The second kappa shape index (κ2) is 7.66. The lowest BCUT2D eigenvalue weighted by molar-refractivity contribution is 0.0623. The summed E-state index contributed by atoms with van der Waals surface area (Å²) in [5.41, 5.74) is 0.357. The summed E-state index contributed by atoms with van der Waals surface area (Å²) in [6.45, 7) is 21.0. The van der Waals surface area contributed by atoms with Gasteiger partial charge in [-0.3, -0.25) is 4.90 Å². The maximum absolute atomic E-state index is 2.76. The van der Waals surface area contributed by atoms with Crippen LogP contribution in [-0.2, 0) is 0 Å². The maximum atomic E-state index is 2.76. The van der Waals surface area contributed by atoms with Crippen molar-refractivity contribution in [2.24, 2.45) is 23.7 Å². The van der Waals surface area contributed by atoms with Crippen molar-refractivity contribution in [3.8, 4) is 0 Å². The predicted octanol–water partition coefficient (Wildman–Crippen LogP) is 4.50. The molecule has 0 saturated carbocycles. The van der Waals surface area contributed by atoms with Crippen molar-refractivity contribution in [2.75, 3.05) is 32.7 Å². The Kier molecular flexibility index (Phi) is 6.36. The van der Waals surface area contributed by atoms with E-state index in [1.165, 1.54) is 58.4 Å². The van der Waals surface area contributed by atoms with Crippen LogP contribution in [0.1, 0.15) is 67.2 Å². The minimum Gasteiger partial charge on any atom is -0.303 e. The monoisotopic (exact) mass is 308 g/mol. The van der Waals surface area contributed by atoms with Crippen LogP contribution in [0.5, 0.6) is 0 Å². The lowest BCUT2D eigenvalue weighted by atomic mass is 9.79. The highest BCUT2D eigenvalue weighted by molar-refractivity contribution is 4.84. The van der Waals surface area contributed by atoms with Crippen LogP contribution in [0.25, 0.3) is 0 Å². The highest BCUT2D eigenvalue weighted by Crippen LogP contribution is 2.31. The molecule has 0 bridgehead atoms. The van der Waals surface area contributed by atoms with Gasteiger partial charge in [0, 0.05) is 12.1 Å². The molecule has 2 aliphatic heterocycles. The Hall–Kier alpha value is -0.0800. The Morgan fingerprint density at radius 3 is 1.86 bits per heavy atom. The van der Waals surface area contributed by atoms with E-state index in [4.69, 9.17) is 0 Å². The minimum absolute atomic E-state index is 0.357. The Balaban J connectivity index is 1.69. The van der Waals surface area contributed by atoms with Crippen LogP contribution in [-0.4, -0.2) is 48.1 Å². The average Bonchev–Trinajstić information content (AvgIpc) is 2.47. The molecular weight excluding hydrogens is 268 g/mol. The lowest BCUT2D eigenvalue weighted by Gasteiger charge is -2.43. The van der Waals surface area contributed by atoms with Gasteiger partial charge in [0.1, 0.15) is 0 Å². The summed E-state index contributed by atoms with van der Waals surface area (Å²) in [4.78, 5) is 5.43. The van der Waals surface area contributed by atoms with Crippen LogP contribution in [0.3, 0.4) is 0 Å². The number of rotatable bonds is 4. The van der Waals surface area contributed by atoms with Crippen LogP contribution >= 0.6 is 0 Å². The third-order valence-electron chi connectivity index (χ3n) is 6.51. The van der Waals surface area contributed by atoms with E-state index in [0.29, 0.717) is 5.54 Å². The summed E-state index contributed by atoms with van der Waals surface area (Å²) in [6, 6.07) is 0. The fourth-order valence-corrected chi connectivity index (χ4v) is 4.36. The molecule has 0 aliphatic carbocycles. The highest BCUT2D eigenvalue weighted by atomic mass is 15.2. The van der Waals surface area contributed by atoms with Gasteiger partial charge < -0.3 is 4.90 Å². The number of hydrogen-bond donors (Lipinski definition) is 0. The number of nitrogens with zero attached hydrogens (tertiary/aromatic N) is 2. The lowest BCUT2D eigenvalue weighted by Crippen LogP contribution is -2.48. The van der Waals surface area contributed by atoms with Crippen LogP contribution in [0, 0.1) is 23.7 Å². The molecule has 1 atom stereocenters. The van der Waals surface area contributed by atoms with Gasteiger partial charge in [-0.15, -0.1) is 0 Å². The van der Waals surface area contributed by atoms with E-state index >= 15 is 0 Å². The molecule has 22 heavy (non-hydrogen) atoms. The van der Waals surface area contributed by atoms with Crippen molar-refractivity contribution in [1.82, 2.24) is 9.80 Å². The van der Waals surface area contributed by atoms with Crippen molar-refractivity contribution >= 4 is 0 Å².